The Morgan fingerprint density at radius 3 is 2.53 bits per heavy atom. The van der Waals surface area contributed by atoms with E-state index in [2.05, 4.69) is 23.7 Å². The van der Waals surface area contributed by atoms with Crippen LogP contribution in [0.4, 0.5) is 0 Å². The van der Waals surface area contributed by atoms with Crippen molar-refractivity contribution >= 4 is 11.8 Å². The summed E-state index contributed by atoms with van der Waals surface area (Å²) in [6.45, 7) is 1.30. The Morgan fingerprint density at radius 1 is 1.20 bits per heavy atom. The van der Waals surface area contributed by atoms with Gasteiger partial charge in [0, 0.05) is 24.4 Å². The van der Waals surface area contributed by atoms with Crippen molar-refractivity contribution in [1.29, 1.82) is 0 Å². The maximum Gasteiger partial charge on any atom is 0.0191 e. The molecule has 0 amide bonds. The van der Waals surface area contributed by atoms with Crippen molar-refractivity contribution in [2.45, 2.75) is 44.2 Å². The summed E-state index contributed by atoms with van der Waals surface area (Å²) >= 11 is 2.11. The van der Waals surface area contributed by atoms with Gasteiger partial charge in [0.15, 0.2) is 0 Å². The van der Waals surface area contributed by atoms with E-state index in [0.717, 1.165) is 12.0 Å². The van der Waals surface area contributed by atoms with Crippen LogP contribution in [0.5, 0.6) is 0 Å². The minimum atomic E-state index is 0.494. The zero-order chi connectivity index (χ0) is 10.7. The van der Waals surface area contributed by atoms with Crippen LogP contribution in [-0.4, -0.2) is 42.1 Å². The van der Waals surface area contributed by atoms with Gasteiger partial charge in [-0.15, -0.1) is 0 Å². The van der Waals surface area contributed by atoms with Gasteiger partial charge in [-0.2, -0.15) is 11.8 Å². The lowest BCUT2D eigenvalue weighted by Crippen LogP contribution is -2.38. The first-order chi connectivity index (χ1) is 7.25. The highest BCUT2D eigenvalue weighted by Gasteiger charge is 2.24. The third kappa shape index (κ3) is 3.36. The summed E-state index contributed by atoms with van der Waals surface area (Å²) in [6, 6.07) is 1.35. The van der Waals surface area contributed by atoms with E-state index in [9.17, 15) is 0 Å². The standard InChI is InChI=1S/C12H24N2S/c1-14(12-6-7-15-9-12)8-10-2-4-11(13)5-3-10/h10-12H,2-9,13H2,1H3. The summed E-state index contributed by atoms with van der Waals surface area (Å²) in [5, 5.41) is 0. The van der Waals surface area contributed by atoms with E-state index in [-0.39, 0.29) is 0 Å². The van der Waals surface area contributed by atoms with E-state index >= 15 is 0 Å². The monoisotopic (exact) mass is 228 g/mol. The van der Waals surface area contributed by atoms with Gasteiger partial charge in [-0.25, -0.2) is 0 Å². The van der Waals surface area contributed by atoms with Gasteiger partial charge in [0.1, 0.15) is 0 Å². The van der Waals surface area contributed by atoms with E-state index in [1.807, 2.05) is 0 Å². The van der Waals surface area contributed by atoms with E-state index in [0.29, 0.717) is 6.04 Å². The van der Waals surface area contributed by atoms with E-state index in [1.165, 1.54) is 50.2 Å². The summed E-state index contributed by atoms with van der Waals surface area (Å²) in [5.41, 5.74) is 5.93. The Labute approximate surface area is 98.0 Å². The Balaban J connectivity index is 1.71. The SMILES string of the molecule is CN(CC1CCC(N)CC1)C1CCSC1. The molecule has 0 aromatic heterocycles. The predicted octanol–water partition coefficient (Wildman–Crippen LogP) is 1.94. The van der Waals surface area contributed by atoms with Crippen LogP contribution in [0.1, 0.15) is 32.1 Å². The van der Waals surface area contributed by atoms with Crippen LogP contribution in [0.15, 0.2) is 0 Å². The third-order valence-corrected chi connectivity index (χ3v) is 5.11. The van der Waals surface area contributed by atoms with Crippen LogP contribution >= 0.6 is 11.8 Å². The van der Waals surface area contributed by atoms with Gasteiger partial charge < -0.3 is 10.6 Å². The first kappa shape index (κ1) is 11.7. The Hall–Kier alpha value is 0.270. The van der Waals surface area contributed by atoms with Gasteiger partial charge in [-0.3, -0.25) is 0 Å². The molecule has 15 heavy (non-hydrogen) atoms. The first-order valence-electron chi connectivity index (χ1n) is 6.29. The van der Waals surface area contributed by atoms with Crippen LogP contribution in [-0.2, 0) is 0 Å². The maximum absolute atomic E-state index is 5.93. The van der Waals surface area contributed by atoms with Crippen LogP contribution in [0.2, 0.25) is 0 Å². The number of hydrogen-bond donors (Lipinski definition) is 1. The Morgan fingerprint density at radius 2 is 1.93 bits per heavy atom. The lowest BCUT2D eigenvalue weighted by Gasteiger charge is -2.32. The molecule has 1 saturated heterocycles. The average molecular weight is 228 g/mol. The van der Waals surface area contributed by atoms with Gasteiger partial charge >= 0.3 is 0 Å². The van der Waals surface area contributed by atoms with Crippen molar-refractivity contribution in [2.75, 3.05) is 25.1 Å². The van der Waals surface area contributed by atoms with Crippen LogP contribution in [0.3, 0.4) is 0 Å². The van der Waals surface area contributed by atoms with Crippen molar-refractivity contribution in [3.63, 3.8) is 0 Å². The lowest BCUT2D eigenvalue weighted by molar-refractivity contribution is 0.188. The zero-order valence-corrected chi connectivity index (χ0v) is 10.6. The summed E-state index contributed by atoms with van der Waals surface area (Å²) in [6.07, 6.45) is 6.60. The van der Waals surface area contributed by atoms with E-state index in [1.54, 1.807) is 0 Å². The quantitative estimate of drug-likeness (QED) is 0.800. The van der Waals surface area contributed by atoms with Gasteiger partial charge in [0.05, 0.1) is 0 Å². The third-order valence-electron chi connectivity index (χ3n) is 3.97. The summed E-state index contributed by atoms with van der Waals surface area (Å²) in [4.78, 5) is 2.60. The topological polar surface area (TPSA) is 29.3 Å². The highest BCUT2D eigenvalue weighted by atomic mass is 32.2. The molecule has 0 aromatic carbocycles. The lowest BCUT2D eigenvalue weighted by atomic mass is 9.86. The van der Waals surface area contributed by atoms with Gasteiger partial charge in [0.25, 0.3) is 0 Å². The molecule has 0 radical (unpaired) electrons. The molecule has 1 saturated carbocycles. The minimum absolute atomic E-state index is 0.494. The summed E-state index contributed by atoms with van der Waals surface area (Å²) in [5.74, 6) is 3.63. The molecule has 1 aliphatic heterocycles. The van der Waals surface area contributed by atoms with Gasteiger partial charge in [-0.1, -0.05) is 0 Å². The second-order valence-corrected chi connectivity index (χ2v) is 6.39. The molecular weight excluding hydrogens is 204 g/mol. The molecule has 0 bridgehead atoms. The molecule has 2 rings (SSSR count). The normalized spacial score (nSPS) is 37.4. The van der Waals surface area contributed by atoms with Crippen LogP contribution in [0, 0.1) is 5.92 Å². The second kappa shape index (κ2) is 5.55. The number of rotatable bonds is 3. The molecule has 2 N–H and O–H groups in total. The van der Waals surface area contributed by atoms with E-state index < -0.39 is 0 Å². The average Bonchev–Trinajstić information content (AvgIpc) is 2.74. The summed E-state index contributed by atoms with van der Waals surface area (Å²) in [7, 11) is 2.31. The molecule has 2 aliphatic rings. The Bertz CT molecular complexity index is 184. The molecule has 1 atom stereocenters. The fourth-order valence-corrected chi connectivity index (χ4v) is 4.10. The molecule has 1 unspecified atom stereocenters. The number of nitrogens with zero attached hydrogens (tertiary/aromatic N) is 1. The predicted molar refractivity (Wildman–Crippen MR) is 68.3 cm³/mol. The minimum Gasteiger partial charge on any atom is -0.328 e. The zero-order valence-electron chi connectivity index (χ0n) is 9.82. The first-order valence-corrected chi connectivity index (χ1v) is 7.44. The molecule has 88 valence electrons. The van der Waals surface area contributed by atoms with Gasteiger partial charge in [0.2, 0.25) is 0 Å². The second-order valence-electron chi connectivity index (χ2n) is 5.24. The fraction of sp³-hybridized carbons (Fsp3) is 1.00. The van der Waals surface area contributed by atoms with Crippen LogP contribution in [0.25, 0.3) is 0 Å². The number of nitrogens with two attached hydrogens (primary N) is 1. The van der Waals surface area contributed by atoms with Crippen molar-refractivity contribution in [1.82, 2.24) is 4.90 Å². The summed E-state index contributed by atoms with van der Waals surface area (Å²) < 4.78 is 0. The van der Waals surface area contributed by atoms with Crippen LogP contribution < -0.4 is 5.73 Å². The molecule has 1 aliphatic carbocycles. The molecule has 3 heteroatoms. The van der Waals surface area contributed by atoms with Crippen molar-refractivity contribution in [3.8, 4) is 0 Å². The molecule has 1 heterocycles. The number of hydrogen-bond acceptors (Lipinski definition) is 3. The van der Waals surface area contributed by atoms with Crippen molar-refractivity contribution in [2.24, 2.45) is 11.7 Å². The highest BCUT2D eigenvalue weighted by Crippen LogP contribution is 2.27. The van der Waals surface area contributed by atoms with Crippen molar-refractivity contribution < 1.29 is 0 Å². The maximum atomic E-state index is 5.93. The highest BCUT2D eigenvalue weighted by molar-refractivity contribution is 7.99. The smallest absolute Gasteiger partial charge is 0.0191 e. The molecule has 2 nitrogen and oxygen atoms in total. The Kier molecular flexibility index (Phi) is 4.35. The molecule has 2 fully saturated rings. The fourth-order valence-electron chi connectivity index (χ4n) is 2.80. The largest absolute Gasteiger partial charge is 0.328 e. The molecular formula is C12H24N2S. The molecule has 0 spiro atoms. The van der Waals surface area contributed by atoms with E-state index in [4.69, 9.17) is 5.73 Å². The molecule has 0 aromatic rings. The van der Waals surface area contributed by atoms with Gasteiger partial charge in [-0.05, 0) is 50.8 Å². The number of thioether (sulfide) groups is 1. The van der Waals surface area contributed by atoms with Crippen molar-refractivity contribution in [3.05, 3.63) is 0 Å².